The van der Waals surface area contributed by atoms with Gasteiger partial charge in [0.2, 0.25) is 0 Å². The highest BCUT2D eigenvalue weighted by Crippen LogP contribution is 2.40. The summed E-state index contributed by atoms with van der Waals surface area (Å²) in [5, 5.41) is 0. The number of aryl methyl sites for hydroxylation is 1. The van der Waals surface area contributed by atoms with Crippen LogP contribution in [0.4, 0.5) is 0 Å². The van der Waals surface area contributed by atoms with Crippen LogP contribution in [0.3, 0.4) is 0 Å². The monoisotopic (exact) mass is 267 g/mol. The van der Waals surface area contributed by atoms with E-state index in [2.05, 4.69) is 49.4 Å². The topological polar surface area (TPSA) is 35.2 Å². The Morgan fingerprint density at radius 1 is 1.10 bits per heavy atom. The molecule has 1 atom stereocenters. The predicted octanol–water partition coefficient (Wildman–Crippen LogP) is 3.22. The minimum Gasteiger partial charge on any atom is -0.493 e. The second kappa shape index (κ2) is 5.29. The van der Waals surface area contributed by atoms with Crippen LogP contribution < -0.4 is 10.5 Å². The first kappa shape index (κ1) is 13.2. The second-order valence-electron chi connectivity index (χ2n) is 5.68. The smallest absolute Gasteiger partial charge is 0.123 e. The molecule has 0 aromatic heterocycles. The Bertz CT molecular complexity index is 608. The molecule has 0 amide bonds. The Morgan fingerprint density at radius 2 is 1.85 bits per heavy atom. The zero-order valence-electron chi connectivity index (χ0n) is 11.9. The van der Waals surface area contributed by atoms with E-state index in [9.17, 15) is 0 Å². The van der Waals surface area contributed by atoms with Crippen molar-refractivity contribution in [2.75, 3.05) is 13.2 Å². The van der Waals surface area contributed by atoms with Gasteiger partial charge in [-0.1, -0.05) is 42.5 Å². The summed E-state index contributed by atoms with van der Waals surface area (Å²) < 4.78 is 5.79. The summed E-state index contributed by atoms with van der Waals surface area (Å²) in [6.45, 7) is 3.58. The fraction of sp³-hybridized carbons (Fsp3) is 0.333. The van der Waals surface area contributed by atoms with Gasteiger partial charge in [0.05, 0.1) is 6.61 Å². The quantitative estimate of drug-likeness (QED) is 0.926. The van der Waals surface area contributed by atoms with Crippen molar-refractivity contribution in [2.24, 2.45) is 5.73 Å². The summed E-state index contributed by atoms with van der Waals surface area (Å²) in [7, 11) is 0. The highest BCUT2D eigenvalue weighted by Gasteiger charge is 2.36. The number of nitrogens with two attached hydrogens (primary N) is 1. The zero-order chi connectivity index (χ0) is 14.0. The van der Waals surface area contributed by atoms with Gasteiger partial charge in [-0.15, -0.1) is 0 Å². The second-order valence-corrected chi connectivity index (χ2v) is 5.68. The Morgan fingerprint density at radius 3 is 2.65 bits per heavy atom. The maximum atomic E-state index is 6.20. The van der Waals surface area contributed by atoms with Gasteiger partial charge < -0.3 is 10.5 Å². The number of para-hydroxylation sites is 1. The van der Waals surface area contributed by atoms with E-state index in [1.807, 2.05) is 6.07 Å². The molecule has 1 unspecified atom stereocenters. The molecule has 0 spiro atoms. The van der Waals surface area contributed by atoms with E-state index >= 15 is 0 Å². The first-order valence-electron chi connectivity index (χ1n) is 7.22. The highest BCUT2D eigenvalue weighted by atomic mass is 16.5. The normalized spacial score (nSPS) is 21.1. The number of rotatable bonds is 3. The molecule has 0 saturated heterocycles. The molecule has 2 heteroatoms. The van der Waals surface area contributed by atoms with Gasteiger partial charge in [0.25, 0.3) is 0 Å². The summed E-state index contributed by atoms with van der Waals surface area (Å²) in [6.07, 6.45) is 1.96. The van der Waals surface area contributed by atoms with Crippen molar-refractivity contribution in [2.45, 2.75) is 25.2 Å². The molecule has 104 valence electrons. The Kier molecular flexibility index (Phi) is 3.49. The average Bonchev–Trinajstić information content (AvgIpc) is 2.50. The molecule has 0 bridgehead atoms. The highest BCUT2D eigenvalue weighted by molar-refractivity contribution is 5.44. The third-order valence-electron chi connectivity index (χ3n) is 4.48. The van der Waals surface area contributed by atoms with Crippen molar-refractivity contribution in [1.82, 2.24) is 0 Å². The van der Waals surface area contributed by atoms with E-state index in [0.29, 0.717) is 6.54 Å². The van der Waals surface area contributed by atoms with E-state index in [0.717, 1.165) is 25.2 Å². The SMILES string of the molecule is Cc1ccccc1CC1(CN)CCOc2ccccc21. The molecule has 2 aromatic rings. The van der Waals surface area contributed by atoms with E-state index in [-0.39, 0.29) is 5.41 Å². The van der Waals surface area contributed by atoms with Crippen molar-refractivity contribution < 1.29 is 4.74 Å². The molecule has 2 nitrogen and oxygen atoms in total. The van der Waals surface area contributed by atoms with Gasteiger partial charge in [0.1, 0.15) is 5.75 Å². The fourth-order valence-electron chi connectivity index (χ4n) is 3.16. The Hall–Kier alpha value is -1.80. The summed E-state index contributed by atoms with van der Waals surface area (Å²) in [6, 6.07) is 16.9. The van der Waals surface area contributed by atoms with Crippen molar-refractivity contribution in [3.63, 3.8) is 0 Å². The third kappa shape index (κ3) is 2.20. The molecule has 2 aromatic carbocycles. The van der Waals surface area contributed by atoms with Crippen molar-refractivity contribution in [3.05, 3.63) is 65.2 Å². The summed E-state index contributed by atoms with van der Waals surface area (Å²) in [5.74, 6) is 0.998. The number of ether oxygens (including phenoxy) is 1. The largest absolute Gasteiger partial charge is 0.493 e. The van der Waals surface area contributed by atoms with Crippen LogP contribution in [-0.2, 0) is 11.8 Å². The summed E-state index contributed by atoms with van der Waals surface area (Å²) >= 11 is 0. The molecule has 1 aliphatic rings. The lowest BCUT2D eigenvalue weighted by atomic mass is 9.71. The molecule has 1 heterocycles. The summed E-state index contributed by atoms with van der Waals surface area (Å²) in [4.78, 5) is 0. The van der Waals surface area contributed by atoms with Crippen LogP contribution in [-0.4, -0.2) is 13.2 Å². The van der Waals surface area contributed by atoms with Crippen LogP contribution in [0.1, 0.15) is 23.1 Å². The molecule has 0 radical (unpaired) electrons. The minimum atomic E-state index is 0.000949. The zero-order valence-corrected chi connectivity index (χ0v) is 11.9. The van der Waals surface area contributed by atoms with Crippen molar-refractivity contribution in [3.8, 4) is 5.75 Å². The van der Waals surface area contributed by atoms with Gasteiger partial charge in [-0.2, -0.15) is 0 Å². The molecule has 0 fully saturated rings. The Balaban J connectivity index is 2.03. The lowest BCUT2D eigenvalue weighted by Gasteiger charge is -2.38. The standard InChI is InChI=1S/C18H21NO/c1-14-6-2-3-7-15(14)12-18(13-19)10-11-20-17-9-5-4-8-16(17)18/h2-9H,10-13,19H2,1H3. The minimum absolute atomic E-state index is 0.000949. The van der Waals surface area contributed by atoms with Gasteiger partial charge in [0, 0.05) is 17.5 Å². The molecule has 1 aliphatic heterocycles. The Labute approximate surface area is 120 Å². The van der Waals surface area contributed by atoms with E-state index in [1.165, 1.54) is 16.7 Å². The van der Waals surface area contributed by atoms with Crippen LogP contribution in [0.15, 0.2) is 48.5 Å². The molecule has 20 heavy (non-hydrogen) atoms. The number of benzene rings is 2. The average molecular weight is 267 g/mol. The molecular formula is C18H21NO. The lowest BCUT2D eigenvalue weighted by molar-refractivity contribution is 0.215. The van der Waals surface area contributed by atoms with Gasteiger partial charge in [0.15, 0.2) is 0 Å². The van der Waals surface area contributed by atoms with Gasteiger partial charge in [-0.25, -0.2) is 0 Å². The maximum absolute atomic E-state index is 6.20. The van der Waals surface area contributed by atoms with Crippen molar-refractivity contribution >= 4 is 0 Å². The number of fused-ring (bicyclic) bond motifs is 1. The first-order valence-corrected chi connectivity index (χ1v) is 7.22. The van der Waals surface area contributed by atoms with Gasteiger partial charge in [-0.3, -0.25) is 0 Å². The van der Waals surface area contributed by atoms with Crippen LogP contribution >= 0.6 is 0 Å². The lowest BCUT2D eigenvalue weighted by Crippen LogP contribution is -2.41. The molecule has 2 N–H and O–H groups in total. The van der Waals surface area contributed by atoms with Gasteiger partial charge >= 0.3 is 0 Å². The molecular weight excluding hydrogens is 246 g/mol. The van der Waals surface area contributed by atoms with Crippen LogP contribution in [0, 0.1) is 6.92 Å². The summed E-state index contributed by atoms with van der Waals surface area (Å²) in [5.41, 5.74) is 10.2. The first-order chi connectivity index (χ1) is 9.75. The van der Waals surface area contributed by atoms with E-state index in [4.69, 9.17) is 10.5 Å². The molecule has 0 saturated carbocycles. The van der Waals surface area contributed by atoms with E-state index < -0.39 is 0 Å². The molecule has 3 rings (SSSR count). The predicted molar refractivity (Wildman–Crippen MR) is 82.2 cm³/mol. The van der Waals surface area contributed by atoms with Crippen LogP contribution in [0.25, 0.3) is 0 Å². The number of hydrogen-bond acceptors (Lipinski definition) is 2. The third-order valence-corrected chi connectivity index (χ3v) is 4.48. The maximum Gasteiger partial charge on any atom is 0.123 e. The van der Waals surface area contributed by atoms with Gasteiger partial charge in [-0.05, 0) is 37.0 Å². The molecule has 0 aliphatic carbocycles. The van der Waals surface area contributed by atoms with Crippen molar-refractivity contribution in [1.29, 1.82) is 0 Å². The van der Waals surface area contributed by atoms with Crippen LogP contribution in [0.5, 0.6) is 5.75 Å². The van der Waals surface area contributed by atoms with E-state index in [1.54, 1.807) is 0 Å². The number of hydrogen-bond donors (Lipinski definition) is 1. The fourth-order valence-corrected chi connectivity index (χ4v) is 3.16. The van der Waals surface area contributed by atoms with Crippen LogP contribution in [0.2, 0.25) is 0 Å².